The third-order valence-electron chi connectivity index (χ3n) is 4.02. The molecule has 0 bridgehead atoms. The molecule has 0 saturated carbocycles. The molecule has 1 amide bonds. The summed E-state index contributed by atoms with van der Waals surface area (Å²) in [5.41, 5.74) is 6.60. The molecule has 1 aliphatic rings. The molecule has 124 valence electrons. The summed E-state index contributed by atoms with van der Waals surface area (Å²) in [5.74, 6) is -0.0732. The number of thiophene rings is 1. The smallest absolute Gasteiger partial charge is 0.263 e. The number of aromatic nitrogens is 2. The van der Waals surface area contributed by atoms with Crippen molar-refractivity contribution in [3.63, 3.8) is 0 Å². The second-order valence-corrected chi connectivity index (χ2v) is 8.80. The zero-order chi connectivity index (χ0) is 16.7. The first-order valence-electron chi connectivity index (χ1n) is 7.89. The van der Waals surface area contributed by atoms with E-state index in [0.717, 1.165) is 29.5 Å². The van der Waals surface area contributed by atoms with Crippen molar-refractivity contribution in [3.05, 3.63) is 20.8 Å². The number of hydrogen-bond acceptors (Lipinski definition) is 5. The quantitative estimate of drug-likeness (QED) is 0.663. The van der Waals surface area contributed by atoms with Gasteiger partial charge in [-0.25, -0.2) is 4.98 Å². The van der Waals surface area contributed by atoms with Crippen LogP contribution in [0.25, 0.3) is 10.2 Å². The van der Waals surface area contributed by atoms with Crippen LogP contribution in [-0.2, 0) is 24.2 Å². The fourth-order valence-electron chi connectivity index (χ4n) is 2.89. The lowest BCUT2D eigenvalue weighted by molar-refractivity contribution is -0.117. The summed E-state index contributed by atoms with van der Waals surface area (Å²) in [4.78, 5) is 31.3. The molecule has 0 spiro atoms. The SMILES string of the molecule is CC(C)Cn1c(SC(C)C(N)=O)nc2sc3c(c2c1=O)CCC3. The molecule has 5 nitrogen and oxygen atoms in total. The van der Waals surface area contributed by atoms with Crippen molar-refractivity contribution in [2.75, 3.05) is 0 Å². The molecule has 3 rings (SSSR count). The molecule has 0 aromatic carbocycles. The second kappa shape index (κ2) is 6.28. The van der Waals surface area contributed by atoms with Gasteiger partial charge >= 0.3 is 0 Å². The van der Waals surface area contributed by atoms with E-state index in [1.807, 2.05) is 0 Å². The lowest BCUT2D eigenvalue weighted by Crippen LogP contribution is -2.28. The Bertz CT molecular complexity index is 823. The van der Waals surface area contributed by atoms with E-state index >= 15 is 0 Å². The Balaban J connectivity index is 2.17. The van der Waals surface area contributed by atoms with Crippen molar-refractivity contribution in [1.82, 2.24) is 9.55 Å². The Hall–Kier alpha value is -1.34. The number of fused-ring (bicyclic) bond motifs is 3. The number of carbonyl (C=O) groups is 1. The Morgan fingerprint density at radius 3 is 2.78 bits per heavy atom. The minimum atomic E-state index is -0.412. The van der Waals surface area contributed by atoms with Crippen LogP contribution in [0.15, 0.2) is 9.95 Å². The maximum atomic E-state index is 13.1. The molecule has 2 aromatic heterocycles. The van der Waals surface area contributed by atoms with Crippen LogP contribution < -0.4 is 11.3 Å². The summed E-state index contributed by atoms with van der Waals surface area (Å²) in [6, 6.07) is 0. The summed E-state index contributed by atoms with van der Waals surface area (Å²) in [6.45, 7) is 6.49. The van der Waals surface area contributed by atoms with Gasteiger partial charge in [-0.3, -0.25) is 14.2 Å². The fraction of sp³-hybridized carbons (Fsp3) is 0.562. The first-order valence-corrected chi connectivity index (χ1v) is 9.59. The predicted octanol–water partition coefficient (Wildman–Crippen LogP) is 2.57. The van der Waals surface area contributed by atoms with Crippen molar-refractivity contribution < 1.29 is 4.79 Å². The molecule has 0 radical (unpaired) electrons. The number of amides is 1. The van der Waals surface area contributed by atoms with Gasteiger partial charge in [0.15, 0.2) is 5.16 Å². The third-order valence-corrected chi connectivity index (χ3v) is 6.31. The molecular formula is C16H21N3O2S2. The Labute approximate surface area is 143 Å². The van der Waals surface area contributed by atoms with Crippen molar-refractivity contribution in [2.24, 2.45) is 11.7 Å². The number of rotatable bonds is 5. The third kappa shape index (κ3) is 3.04. The highest BCUT2D eigenvalue weighted by atomic mass is 32.2. The maximum absolute atomic E-state index is 13.1. The van der Waals surface area contributed by atoms with Gasteiger partial charge in [-0.15, -0.1) is 11.3 Å². The lowest BCUT2D eigenvalue weighted by atomic mass is 10.2. The van der Waals surface area contributed by atoms with Gasteiger partial charge in [0.2, 0.25) is 5.91 Å². The summed E-state index contributed by atoms with van der Waals surface area (Å²) in [6.07, 6.45) is 3.13. The maximum Gasteiger partial charge on any atom is 0.263 e. The van der Waals surface area contributed by atoms with E-state index in [2.05, 4.69) is 13.8 Å². The van der Waals surface area contributed by atoms with E-state index in [4.69, 9.17) is 10.7 Å². The van der Waals surface area contributed by atoms with Crippen molar-refractivity contribution >= 4 is 39.2 Å². The Morgan fingerprint density at radius 1 is 1.39 bits per heavy atom. The van der Waals surface area contributed by atoms with Gasteiger partial charge in [-0.1, -0.05) is 25.6 Å². The number of thioether (sulfide) groups is 1. The van der Waals surface area contributed by atoms with Crippen LogP contribution in [0.3, 0.4) is 0 Å². The van der Waals surface area contributed by atoms with E-state index in [-0.39, 0.29) is 5.56 Å². The molecule has 0 saturated heterocycles. The van der Waals surface area contributed by atoms with Gasteiger partial charge in [-0.2, -0.15) is 0 Å². The predicted molar refractivity (Wildman–Crippen MR) is 95.3 cm³/mol. The first kappa shape index (κ1) is 16.5. The van der Waals surface area contributed by atoms with Crippen LogP contribution in [0.1, 0.15) is 37.6 Å². The Kier molecular flexibility index (Phi) is 4.51. The molecular weight excluding hydrogens is 330 g/mol. The van der Waals surface area contributed by atoms with Gasteiger partial charge in [0.05, 0.1) is 10.6 Å². The highest BCUT2D eigenvalue weighted by Crippen LogP contribution is 2.36. The minimum Gasteiger partial charge on any atom is -0.369 e. The van der Waals surface area contributed by atoms with Gasteiger partial charge in [0.25, 0.3) is 5.56 Å². The lowest BCUT2D eigenvalue weighted by Gasteiger charge is -2.15. The molecule has 2 aromatic rings. The van der Waals surface area contributed by atoms with Gasteiger partial charge in [0.1, 0.15) is 4.83 Å². The molecule has 1 atom stereocenters. The van der Waals surface area contributed by atoms with Gasteiger partial charge in [-0.05, 0) is 37.7 Å². The van der Waals surface area contributed by atoms with Crippen LogP contribution in [0.5, 0.6) is 0 Å². The minimum absolute atomic E-state index is 0.0299. The van der Waals surface area contributed by atoms with E-state index in [0.29, 0.717) is 17.6 Å². The second-order valence-electron chi connectivity index (χ2n) is 6.40. The zero-order valence-corrected chi connectivity index (χ0v) is 15.2. The zero-order valence-electron chi connectivity index (χ0n) is 13.6. The number of hydrogen-bond donors (Lipinski definition) is 1. The molecule has 1 aliphatic carbocycles. The van der Waals surface area contributed by atoms with E-state index in [1.54, 1.807) is 22.8 Å². The number of primary amides is 1. The number of nitrogens with zero attached hydrogens (tertiary/aromatic N) is 2. The monoisotopic (exact) mass is 351 g/mol. The van der Waals surface area contributed by atoms with E-state index in [9.17, 15) is 9.59 Å². The molecule has 1 unspecified atom stereocenters. The average molecular weight is 351 g/mol. The van der Waals surface area contributed by atoms with Crippen LogP contribution in [0.4, 0.5) is 0 Å². The number of carbonyl (C=O) groups excluding carboxylic acids is 1. The number of aryl methyl sites for hydroxylation is 2. The Morgan fingerprint density at radius 2 is 2.13 bits per heavy atom. The average Bonchev–Trinajstić information content (AvgIpc) is 3.02. The highest BCUT2D eigenvalue weighted by Gasteiger charge is 2.24. The molecule has 0 aliphatic heterocycles. The summed E-state index contributed by atoms with van der Waals surface area (Å²) in [7, 11) is 0. The van der Waals surface area contributed by atoms with Crippen LogP contribution in [-0.4, -0.2) is 20.7 Å². The number of nitrogens with two attached hydrogens (primary N) is 1. The van der Waals surface area contributed by atoms with Crippen molar-refractivity contribution in [3.8, 4) is 0 Å². The molecule has 2 heterocycles. The fourth-order valence-corrected chi connectivity index (χ4v) is 5.06. The largest absolute Gasteiger partial charge is 0.369 e. The summed E-state index contributed by atoms with van der Waals surface area (Å²) < 4.78 is 1.72. The molecule has 0 fully saturated rings. The summed E-state index contributed by atoms with van der Waals surface area (Å²) >= 11 is 2.90. The topological polar surface area (TPSA) is 78.0 Å². The van der Waals surface area contributed by atoms with E-state index < -0.39 is 11.2 Å². The van der Waals surface area contributed by atoms with Crippen LogP contribution in [0.2, 0.25) is 0 Å². The molecule has 23 heavy (non-hydrogen) atoms. The standard InChI is InChI=1S/C16H21N3O2S2/c1-8(2)7-19-15(21)12-10-5-4-6-11(10)23-14(12)18-16(19)22-9(3)13(17)20/h8-9H,4-7H2,1-3H3,(H2,17,20). The highest BCUT2D eigenvalue weighted by molar-refractivity contribution is 8.00. The van der Waals surface area contributed by atoms with Gasteiger partial charge in [0, 0.05) is 11.4 Å². The summed E-state index contributed by atoms with van der Waals surface area (Å²) in [5, 5.41) is 0.978. The molecule has 7 heteroatoms. The van der Waals surface area contributed by atoms with Crippen molar-refractivity contribution in [1.29, 1.82) is 0 Å². The first-order chi connectivity index (χ1) is 10.9. The van der Waals surface area contributed by atoms with E-state index in [1.165, 1.54) is 22.2 Å². The van der Waals surface area contributed by atoms with Crippen LogP contribution >= 0.6 is 23.1 Å². The van der Waals surface area contributed by atoms with Gasteiger partial charge < -0.3 is 5.73 Å². The molecule has 2 N–H and O–H groups in total. The normalized spacial score (nSPS) is 15.3. The van der Waals surface area contributed by atoms with Crippen LogP contribution in [0, 0.1) is 5.92 Å². The van der Waals surface area contributed by atoms with Crippen molar-refractivity contribution in [2.45, 2.75) is 57.0 Å².